The molecule has 0 aromatic heterocycles. The second-order valence-corrected chi connectivity index (χ2v) is 19.3. The van der Waals surface area contributed by atoms with E-state index in [1.54, 1.807) is 13.8 Å². The number of carbonyl (C=O) groups excluding carboxylic acids is 4. The number of carbonyl (C=O) groups is 5. The SMILES string of the molecule is CCC(C)(C)C(=O)OC1C2CCC1C1CCCC12.CCC(C)(C)C(=O)OC1CCCCC1.CCC(C)(CO)C(C)=O.CCC(C)C(=O)O.CCCCOC(=O)C(C)CC. The van der Waals surface area contributed by atoms with Crippen molar-refractivity contribution >= 4 is 29.7 Å². The van der Waals surface area contributed by atoms with Crippen molar-refractivity contribution in [3.63, 3.8) is 0 Å². The van der Waals surface area contributed by atoms with Crippen molar-refractivity contribution in [1.82, 2.24) is 0 Å². The molecular formula is C49H90O10. The lowest BCUT2D eigenvalue weighted by Crippen LogP contribution is -2.33. The fourth-order valence-corrected chi connectivity index (χ4v) is 7.54. The molecule has 10 nitrogen and oxygen atoms in total. The van der Waals surface area contributed by atoms with Crippen molar-refractivity contribution in [3.8, 4) is 0 Å². The van der Waals surface area contributed by atoms with E-state index in [4.69, 9.17) is 24.4 Å². The maximum absolute atomic E-state index is 12.3. The van der Waals surface area contributed by atoms with E-state index < -0.39 is 11.4 Å². The first-order valence-electron chi connectivity index (χ1n) is 23.5. The summed E-state index contributed by atoms with van der Waals surface area (Å²) in [7, 11) is 0. The van der Waals surface area contributed by atoms with Gasteiger partial charge in [-0.05, 0) is 148 Å². The Balaban J connectivity index is 0.000000744. The third-order valence-electron chi connectivity index (χ3n) is 14.1. The molecule has 0 aliphatic heterocycles. The van der Waals surface area contributed by atoms with Gasteiger partial charge in [0.15, 0.2) is 0 Å². The number of aliphatic hydroxyl groups excluding tert-OH is 1. The third-order valence-corrected chi connectivity index (χ3v) is 14.1. The first-order chi connectivity index (χ1) is 27.6. The molecule has 10 heteroatoms. The molecule has 346 valence electrons. The van der Waals surface area contributed by atoms with Crippen LogP contribution in [0.4, 0.5) is 0 Å². The van der Waals surface area contributed by atoms with Crippen LogP contribution in [-0.4, -0.2) is 65.3 Å². The number of carboxylic acid groups (broad SMARTS) is 1. The quantitative estimate of drug-likeness (QED) is 0.0872. The standard InChI is InChI=1S/C16H26O2.C12H22O2.C9H18O2.C7H14O2.C5H10O2/c1-4-16(2,3)15(17)18-14-12-8-9-13(14)11-7-5-6-10(11)12;1-4-12(2,3)11(13)14-10-8-6-5-7-9-10;1-4-6-7-11-9(10)8(3)5-2;1-4-7(3,5-8)6(2)9;1-3-4(2)5(6)7/h10-14H,4-9H2,1-3H3;10H,4-9H2,1-3H3;8H,4-7H2,1-3H3;8H,4-5H2,1-3H3;4H,3H2,1-2H3,(H,6,7). The Morgan fingerprint density at radius 2 is 1.10 bits per heavy atom. The van der Waals surface area contributed by atoms with E-state index in [9.17, 15) is 24.0 Å². The van der Waals surface area contributed by atoms with Gasteiger partial charge in [-0.1, -0.05) is 81.6 Å². The largest absolute Gasteiger partial charge is 0.481 e. The van der Waals surface area contributed by atoms with Crippen molar-refractivity contribution in [2.75, 3.05) is 13.2 Å². The van der Waals surface area contributed by atoms with Gasteiger partial charge in [-0.3, -0.25) is 24.0 Å². The Morgan fingerprint density at radius 1 is 0.627 bits per heavy atom. The van der Waals surface area contributed by atoms with Crippen LogP contribution in [0.5, 0.6) is 0 Å². The van der Waals surface area contributed by atoms with Gasteiger partial charge in [-0.25, -0.2) is 0 Å². The molecule has 0 amide bonds. The molecule has 4 aliphatic carbocycles. The number of rotatable bonds is 16. The van der Waals surface area contributed by atoms with Gasteiger partial charge >= 0.3 is 23.9 Å². The molecule has 0 heterocycles. The third kappa shape index (κ3) is 19.0. The summed E-state index contributed by atoms with van der Waals surface area (Å²) in [6, 6.07) is 0. The highest BCUT2D eigenvalue weighted by Gasteiger charge is 2.57. The van der Waals surface area contributed by atoms with Crippen molar-refractivity contribution < 1.29 is 48.4 Å². The van der Waals surface area contributed by atoms with Crippen LogP contribution in [0.25, 0.3) is 0 Å². The van der Waals surface area contributed by atoms with E-state index in [-0.39, 0.29) is 65.2 Å². The molecule has 4 rings (SSSR count). The van der Waals surface area contributed by atoms with Crippen molar-refractivity contribution in [2.45, 2.75) is 218 Å². The molecule has 2 N–H and O–H groups in total. The summed E-state index contributed by atoms with van der Waals surface area (Å²) < 4.78 is 16.5. The number of hydrogen-bond donors (Lipinski definition) is 2. The zero-order valence-electron chi connectivity index (χ0n) is 40.2. The summed E-state index contributed by atoms with van der Waals surface area (Å²) in [5.41, 5.74) is -1.12. The maximum atomic E-state index is 12.3. The molecule has 0 saturated heterocycles. The zero-order chi connectivity index (χ0) is 45.6. The fourth-order valence-electron chi connectivity index (χ4n) is 7.54. The number of hydrogen-bond acceptors (Lipinski definition) is 9. The molecule has 0 aromatic rings. The number of esters is 3. The molecule has 7 atom stereocenters. The molecule has 0 radical (unpaired) electrons. The second-order valence-electron chi connectivity index (χ2n) is 19.3. The van der Waals surface area contributed by atoms with E-state index >= 15 is 0 Å². The summed E-state index contributed by atoms with van der Waals surface area (Å²) in [4.78, 5) is 55.7. The molecule has 4 fully saturated rings. The van der Waals surface area contributed by atoms with Gasteiger partial charge in [0.2, 0.25) is 0 Å². The number of aliphatic carboxylic acids is 1. The minimum atomic E-state index is -0.706. The van der Waals surface area contributed by atoms with E-state index in [1.165, 1.54) is 58.3 Å². The molecular weight excluding hydrogens is 749 g/mol. The minimum absolute atomic E-state index is 0.0214. The van der Waals surface area contributed by atoms with Gasteiger partial charge in [-0.2, -0.15) is 0 Å². The maximum Gasteiger partial charge on any atom is 0.311 e. The summed E-state index contributed by atoms with van der Waals surface area (Å²) in [6.07, 6.45) is 19.1. The minimum Gasteiger partial charge on any atom is -0.481 e. The Hall–Kier alpha value is -2.49. The lowest BCUT2D eigenvalue weighted by molar-refractivity contribution is -0.163. The van der Waals surface area contributed by atoms with Crippen LogP contribution < -0.4 is 0 Å². The topological polar surface area (TPSA) is 154 Å². The number of fused-ring (bicyclic) bond motifs is 5. The average Bonchev–Trinajstić information content (AvgIpc) is 3.95. The van der Waals surface area contributed by atoms with Crippen LogP contribution in [0.1, 0.15) is 206 Å². The first kappa shape index (κ1) is 56.5. The Kier molecular flexibility index (Phi) is 27.0. The van der Waals surface area contributed by atoms with Crippen LogP contribution in [0.3, 0.4) is 0 Å². The number of unbranched alkanes of at least 4 members (excludes halogenated alkanes) is 1. The number of Topliss-reactive ketones (excluding diaryl/α,β-unsaturated/α-hetero) is 1. The normalized spacial score (nSPS) is 23.9. The smallest absolute Gasteiger partial charge is 0.311 e. The summed E-state index contributed by atoms with van der Waals surface area (Å²) in [5.74, 6) is 2.34. The highest BCUT2D eigenvalue weighted by molar-refractivity contribution is 5.82. The van der Waals surface area contributed by atoms with E-state index in [0.717, 1.165) is 63.2 Å². The highest BCUT2D eigenvalue weighted by Crippen LogP contribution is 2.60. The summed E-state index contributed by atoms with van der Waals surface area (Å²) in [5, 5.41) is 16.9. The number of carboxylic acids is 1. The molecule has 0 aromatic carbocycles. The number of ketones is 1. The van der Waals surface area contributed by atoms with Crippen LogP contribution >= 0.6 is 0 Å². The average molecular weight is 839 g/mol. The molecule has 4 saturated carbocycles. The van der Waals surface area contributed by atoms with Gasteiger partial charge < -0.3 is 24.4 Å². The van der Waals surface area contributed by atoms with Crippen molar-refractivity contribution in [1.29, 1.82) is 0 Å². The monoisotopic (exact) mass is 839 g/mol. The second kappa shape index (κ2) is 28.2. The van der Waals surface area contributed by atoms with Crippen LogP contribution in [0.2, 0.25) is 0 Å². The Morgan fingerprint density at radius 3 is 1.44 bits per heavy atom. The van der Waals surface area contributed by atoms with E-state index in [1.807, 2.05) is 62.3 Å². The van der Waals surface area contributed by atoms with Crippen LogP contribution in [0, 0.1) is 51.8 Å². The zero-order valence-corrected chi connectivity index (χ0v) is 40.2. The molecule has 7 unspecified atom stereocenters. The molecule has 59 heavy (non-hydrogen) atoms. The number of ether oxygens (including phenoxy) is 3. The van der Waals surface area contributed by atoms with Gasteiger partial charge in [0.25, 0.3) is 0 Å². The summed E-state index contributed by atoms with van der Waals surface area (Å²) in [6.45, 7) is 27.3. The Bertz CT molecular complexity index is 1210. The van der Waals surface area contributed by atoms with E-state index in [0.29, 0.717) is 24.9 Å². The number of aliphatic hydroxyl groups is 1. The van der Waals surface area contributed by atoms with Gasteiger partial charge in [-0.15, -0.1) is 0 Å². The fraction of sp³-hybridized carbons (Fsp3) is 0.898. The highest BCUT2D eigenvalue weighted by atomic mass is 16.6. The predicted octanol–water partition coefficient (Wildman–Crippen LogP) is 11.6. The molecule has 4 aliphatic rings. The molecule has 2 bridgehead atoms. The Labute approximate surface area is 360 Å². The lowest BCUT2D eigenvalue weighted by Gasteiger charge is -2.27. The summed E-state index contributed by atoms with van der Waals surface area (Å²) >= 11 is 0. The van der Waals surface area contributed by atoms with Gasteiger partial charge in [0, 0.05) is 5.41 Å². The van der Waals surface area contributed by atoms with E-state index in [2.05, 4.69) is 13.8 Å². The van der Waals surface area contributed by atoms with Gasteiger partial charge in [0.05, 0.1) is 35.9 Å². The first-order valence-corrected chi connectivity index (χ1v) is 23.5. The molecule has 0 spiro atoms. The lowest BCUT2D eigenvalue weighted by atomic mass is 9.82. The van der Waals surface area contributed by atoms with Gasteiger partial charge in [0.1, 0.15) is 18.0 Å². The van der Waals surface area contributed by atoms with Crippen LogP contribution in [0.15, 0.2) is 0 Å². The predicted molar refractivity (Wildman–Crippen MR) is 237 cm³/mol. The van der Waals surface area contributed by atoms with Crippen molar-refractivity contribution in [2.24, 2.45) is 51.8 Å². The van der Waals surface area contributed by atoms with Crippen molar-refractivity contribution in [3.05, 3.63) is 0 Å². The van der Waals surface area contributed by atoms with Crippen LogP contribution in [-0.2, 0) is 38.2 Å².